The molecule has 1 fully saturated rings. The van der Waals surface area contributed by atoms with Gasteiger partial charge in [0.1, 0.15) is 5.75 Å². The van der Waals surface area contributed by atoms with Gasteiger partial charge < -0.3 is 26.0 Å². The van der Waals surface area contributed by atoms with Crippen molar-refractivity contribution in [3.8, 4) is 5.75 Å². The Hall–Kier alpha value is -2.20. The number of hydrogen-bond donors (Lipinski definition) is 2. The summed E-state index contributed by atoms with van der Waals surface area (Å²) in [5.74, 6) is 0.712. The molecule has 3 rings (SSSR count). The summed E-state index contributed by atoms with van der Waals surface area (Å²) in [5, 5.41) is 0.747. The largest absolute Gasteiger partial charge is 0.484 e. The molecule has 0 spiro atoms. The van der Waals surface area contributed by atoms with Crippen molar-refractivity contribution in [2.24, 2.45) is 16.5 Å². The van der Waals surface area contributed by atoms with Crippen molar-refractivity contribution in [1.82, 2.24) is 4.90 Å². The second-order valence-electron chi connectivity index (χ2n) is 6.84. The number of nitrogens with two attached hydrogens (primary N) is 2. The fraction of sp³-hybridized carbons (Fsp3) is 0.333. The highest BCUT2D eigenvalue weighted by Gasteiger charge is 2.18. The molecule has 1 saturated heterocycles. The van der Waals surface area contributed by atoms with E-state index in [0.29, 0.717) is 18.3 Å². The number of benzene rings is 2. The van der Waals surface area contributed by atoms with Crippen LogP contribution in [-0.4, -0.2) is 56.1 Å². The number of carbonyl (C=O) groups excluding carboxylic acids is 1. The number of amides is 1. The molecule has 30 heavy (non-hydrogen) atoms. The normalized spacial score (nSPS) is 14.2. The van der Waals surface area contributed by atoms with Crippen molar-refractivity contribution < 1.29 is 9.53 Å². The molecule has 2 aromatic rings. The lowest BCUT2D eigenvalue weighted by Gasteiger charge is -2.36. The fourth-order valence-corrected chi connectivity index (χ4v) is 3.28. The first kappa shape index (κ1) is 24.1. The molecule has 162 valence electrons. The van der Waals surface area contributed by atoms with Gasteiger partial charge in [0.25, 0.3) is 5.91 Å². The molecule has 0 bridgehead atoms. The third-order valence-electron chi connectivity index (χ3n) is 4.77. The molecule has 0 aromatic heterocycles. The van der Waals surface area contributed by atoms with Gasteiger partial charge in [-0.15, -0.1) is 24.0 Å². The predicted molar refractivity (Wildman–Crippen MR) is 132 cm³/mol. The van der Waals surface area contributed by atoms with Crippen LogP contribution < -0.4 is 21.1 Å². The highest BCUT2D eigenvalue weighted by Crippen LogP contribution is 2.19. The van der Waals surface area contributed by atoms with Gasteiger partial charge in [0, 0.05) is 43.4 Å². The van der Waals surface area contributed by atoms with Crippen LogP contribution in [0.2, 0.25) is 5.02 Å². The van der Waals surface area contributed by atoms with E-state index >= 15 is 0 Å². The standard InChI is InChI=1S/C21H26ClN5O2.HI/c22-17-3-5-18(6-4-17)26-11-13-27(14-12-26)21(24)25-10-9-16-1-7-19(8-2-16)29-15-20(23)28;/h1-8H,9-15H2,(H2,23,28)(H2,24,25);1H. The Labute approximate surface area is 199 Å². The number of piperazine rings is 1. The first-order valence-electron chi connectivity index (χ1n) is 9.57. The van der Waals surface area contributed by atoms with Crippen LogP contribution in [0.1, 0.15) is 5.56 Å². The van der Waals surface area contributed by atoms with Crippen molar-refractivity contribution >= 4 is 53.1 Å². The van der Waals surface area contributed by atoms with Crippen LogP contribution in [-0.2, 0) is 11.2 Å². The van der Waals surface area contributed by atoms with E-state index in [2.05, 4.69) is 14.8 Å². The molecule has 1 aliphatic rings. The molecular weight excluding hydrogens is 517 g/mol. The topological polar surface area (TPSA) is 97.2 Å². The maximum atomic E-state index is 10.7. The maximum absolute atomic E-state index is 10.7. The average Bonchev–Trinajstić information content (AvgIpc) is 2.74. The summed E-state index contributed by atoms with van der Waals surface area (Å²) in [6.45, 7) is 3.96. The van der Waals surface area contributed by atoms with Gasteiger partial charge >= 0.3 is 0 Å². The summed E-state index contributed by atoms with van der Waals surface area (Å²) in [5.41, 5.74) is 13.6. The van der Waals surface area contributed by atoms with E-state index in [1.807, 2.05) is 48.5 Å². The minimum Gasteiger partial charge on any atom is -0.484 e. The van der Waals surface area contributed by atoms with Crippen LogP contribution in [0, 0.1) is 0 Å². The van der Waals surface area contributed by atoms with E-state index in [9.17, 15) is 4.79 Å². The van der Waals surface area contributed by atoms with Gasteiger partial charge in [0.2, 0.25) is 0 Å². The number of nitrogens with zero attached hydrogens (tertiary/aromatic N) is 3. The number of carbonyl (C=O) groups is 1. The highest BCUT2D eigenvalue weighted by atomic mass is 127. The molecular formula is C21H27ClIN5O2. The fourth-order valence-electron chi connectivity index (χ4n) is 3.15. The molecule has 0 unspecified atom stereocenters. The Balaban J connectivity index is 0.00000320. The van der Waals surface area contributed by atoms with Gasteiger partial charge in [-0.05, 0) is 48.4 Å². The van der Waals surface area contributed by atoms with Gasteiger partial charge in [0.15, 0.2) is 12.6 Å². The quantitative estimate of drug-likeness (QED) is 0.318. The maximum Gasteiger partial charge on any atom is 0.255 e. The number of anilines is 1. The molecule has 0 atom stereocenters. The predicted octanol–water partition coefficient (Wildman–Crippen LogP) is 2.50. The molecule has 0 radical (unpaired) electrons. The van der Waals surface area contributed by atoms with Gasteiger partial charge in [0.05, 0.1) is 0 Å². The zero-order valence-electron chi connectivity index (χ0n) is 16.7. The number of rotatable bonds is 7. The van der Waals surface area contributed by atoms with Crippen LogP contribution in [0.3, 0.4) is 0 Å². The van der Waals surface area contributed by atoms with Crippen molar-refractivity contribution in [3.05, 3.63) is 59.1 Å². The Kier molecular flexibility index (Phi) is 9.51. The van der Waals surface area contributed by atoms with E-state index in [1.54, 1.807) is 0 Å². The number of ether oxygens (including phenoxy) is 1. The Morgan fingerprint density at radius 2 is 1.63 bits per heavy atom. The second-order valence-corrected chi connectivity index (χ2v) is 7.28. The number of primary amides is 1. The number of aliphatic imine (C=N–C) groups is 1. The number of guanidine groups is 1. The zero-order valence-corrected chi connectivity index (χ0v) is 19.8. The summed E-state index contributed by atoms with van der Waals surface area (Å²) in [6.07, 6.45) is 0.779. The molecule has 2 aromatic carbocycles. The van der Waals surface area contributed by atoms with E-state index < -0.39 is 5.91 Å². The van der Waals surface area contributed by atoms with Crippen molar-refractivity contribution in [3.63, 3.8) is 0 Å². The monoisotopic (exact) mass is 543 g/mol. The van der Waals surface area contributed by atoms with Crippen LogP contribution in [0.25, 0.3) is 0 Å². The summed E-state index contributed by atoms with van der Waals surface area (Å²) in [6, 6.07) is 15.5. The van der Waals surface area contributed by atoms with Gasteiger partial charge in [-0.1, -0.05) is 23.7 Å². The smallest absolute Gasteiger partial charge is 0.255 e. The molecule has 1 heterocycles. The van der Waals surface area contributed by atoms with E-state index in [0.717, 1.165) is 43.2 Å². The van der Waals surface area contributed by atoms with Crippen molar-refractivity contribution in [1.29, 1.82) is 0 Å². The first-order valence-corrected chi connectivity index (χ1v) is 9.94. The number of halogens is 2. The molecule has 7 nitrogen and oxygen atoms in total. The van der Waals surface area contributed by atoms with Gasteiger partial charge in [-0.2, -0.15) is 0 Å². The summed E-state index contributed by atoms with van der Waals surface area (Å²) >= 11 is 5.96. The molecule has 1 aliphatic heterocycles. The molecule has 0 saturated carbocycles. The summed E-state index contributed by atoms with van der Waals surface area (Å²) in [4.78, 5) is 19.7. The molecule has 4 N–H and O–H groups in total. The molecule has 9 heteroatoms. The summed E-state index contributed by atoms with van der Waals surface area (Å²) < 4.78 is 5.25. The Bertz CT molecular complexity index is 837. The lowest BCUT2D eigenvalue weighted by atomic mass is 10.1. The zero-order chi connectivity index (χ0) is 20.6. The lowest BCUT2D eigenvalue weighted by molar-refractivity contribution is -0.119. The van der Waals surface area contributed by atoms with Crippen LogP contribution in [0.5, 0.6) is 5.75 Å². The van der Waals surface area contributed by atoms with Gasteiger partial charge in [-0.3, -0.25) is 9.79 Å². The van der Waals surface area contributed by atoms with Crippen molar-refractivity contribution in [2.45, 2.75) is 6.42 Å². The van der Waals surface area contributed by atoms with E-state index in [4.69, 9.17) is 27.8 Å². The highest BCUT2D eigenvalue weighted by molar-refractivity contribution is 14.0. The van der Waals surface area contributed by atoms with Crippen LogP contribution >= 0.6 is 35.6 Å². The van der Waals surface area contributed by atoms with E-state index in [1.165, 1.54) is 5.69 Å². The van der Waals surface area contributed by atoms with Gasteiger partial charge in [-0.25, -0.2) is 0 Å². The third kappa shape index (κ3) is 7.24. The average molecular weight is 544 g/mol. The van der Waals surface area contributed by atoms with Crippen LogP contribution in [0.15, 0.2) is 53.5 Å². The second kappa shape index (κ2) is 11.8. The number of hydrogen-bond acceptors (Lipinski definition) is 4. The minimum absolute atomic E-state index is 0. The third-order valence-corrected chi connectivity index (χ3v) is 5.03. The Morgan fingerprint density at radius 1 is 1.00 bits per heavy atom. The summed E-state index contributed by atoms with van der Waals surface area (Å²) in [7, 11) is 0. The molecule has 1 amide bonds. The van der Waals surface area contributed by atoms with Crippen molar-refractivity contribution in [2.75, 3.05) is 44.2 Å². The van der Waals surface area contributed by atoms with Crippen LogP contribution in [0.4, 0.5) is 5.69 Å². The first-order chi connectivity index (χ1) is 14.0. The SMILES string of the molecule is I.NC(=O)COc1ccc(CCN=C(N)N2CCN(c3ccc(Cl)cc3)CC2)cc1. The lowest BCUT2D eigenvalue weighted by Crippen LogP contribution is -2.51. The molecule has 0 aliphatic carbocycles. The Morgan fingerprint density at radius 3 is 2.23 bits per heavy atom. The minimum atomic E-state index is -0.493. The van der Waals surface area contributed by atoms with E-state index in [-0.39, 0.29) is 30.6 Å².